The standard InChI is InChI=1S/C16H19N5O6/c22-5-9-11(23)12(24)13(25)16(27-9)21-7-20-14(10-15(21)19-6-18-10)17-4-8-2-1-3-26-8/h1-3,6-7,9,11-13,16,22-25H,4-5H2,(H,18,19)/t9-,11-,12+,13-,16-/m1/s1. The van der Waals surface area contributed by atoms with Crippen LogP contribution in [0.25, 0.3) is 11.2 Å². The third-order valence-electron chi connectivity index (χ3n) is 4.50. The smallest absolute Gasteiger partial charge is 0.177 e. The number of rotatable bonds is 4. The number of furan rings is 1. The van der Waals surface area contributed by atoms with Gasteiger partial charge in [0.05, 0.1) is 25.7 Å². The lowest BCUT2D eigenvalue weighted by Gasteiger charge is -2.40. The van der Waals surface area contributed by atoms with Gasteiger partial charge in [0.15, 0.2) is 17.4 Å². The summed E-state index contributed by atoms with van der Waals surface area (Å²) < 4.78 is 12.2. The van der Waals surface area contributed by atoms with Gasteiger partial charge in [0, 0.05) is 0 Å². The predicted molar refractivity (Wildman–Crippen MR) is 88.9 cm³/mol. The molecule has 1 saturated heterocycles. The summed E-state index contributed by atoms with van der Waals surface area (Å²) in [5.74, 6) is 0.676. The molecule has 0 bridgehead atoms. The Labute approximate surface area is 152 Å². The van der Waals surface area contributed by atoms with Gasteiger partial charge in [-0.05, 0) is 12.1 Å². The molecule has 11 nitrogen and oxygen atoms in total. The maximum Gasteiger partial charge on any atom is 0.177 e. The van der Waals surface area contributed by atoms with Crippen molar-refractivity contribution in [2.75, 3.05) is 6.61 Å². The van der Waals surface area contributed by atoms with Gasteiger partial charge in [-0.15, -0.1) is 0 Å². The van der Waals surface area contributed by atoms with Gasteiger partial charge in [-0.3, -0.25) is 9.56 Å². The van der Waals surface area contributed by atoms with Crippen LogP contribution < -0.4 is 5.49 Å². The summed E-state index contributed by atoms with van der Waals surface area (Å²) in [4.78, 5) is 15.8. The molecule has 0 unspecified atom stereocenters. The highest BCUT2D eigenvalue weighted by atomic mass is 16.6. The van der Waals surface area contributed by atoms with Crippen LogP contribution in [0.1, 0.15) is 12.0 Å². The minimum absolute atomic E-state index is 0.290. The average Bonchev–Trinajstić information content (AvgIpc) is 3.37. The van der Waals surface area contributed by atoms with Crippen molar-refractivity contribution in [3.63, 3.8) is 0 Å². The second kappa shape index (κ2) is 7.21. The van der Waals surface area contributed by atoms with Gasteiger partial charge in [0.1, 0.15) is 42.0 Å². The SMILES string of the molecule is OC[C@H]1O[C@@H](n2cnc(=NCc3ccco3)c3[nH]cnc32)[C@H](O)[C@@H](O)[C@@H]1O. The Hall–Kier alpha value is -2.57. The van der Waals surface area contributed by atoms with Crippen molar-refractivity contribution in [1.82, 2.24) is 19.5 Å². The van der Waals surface area contributed by atoms with Gasteiger partial charge in [-0.25, -0.2) is 9.97 Å². The van der Waals surface area contributed by atoms with Crippen LogP contribution in [0.4, 0.5) is 0 Å². The first-order chi connectivity index (χ1) is 13.1. The summed E-state index contributed by atoms with van der Waals surface area (Å²) in [6.07, 6.45) is -2.13. The molecule has 5 atom stereocenters. The Bertz CT molecular complexity index is 965. The van der Waals surface area contributed by atoms with Gasteiger partial charge in [-0.2, -0.15) is 0 Å². The highest BCUT2D eigenvalue weighted by molar-refractivity contribution is 5.68. The van der Waals surface area contributed by atoms with Crippen molar-refractivity contribution in [3.8, 4) is 0 Å². The highest BCUT2D eigenvalue weighted by Crippen LogP contribution is 2.29. The molecule has 4 rings (SSSR count). The molecule has 1 aliphatic heterocycles. The van der Waals surface area contributed by atoms with Crippen LogP contribution in [0.3, 0.4) is 0 Å². The number of imidazole rings is 1. The van der Waals surface area contributed by atoms with Crippen LogP contribution in [0.2, 0.25) is 0 Å². The third kappa shape index (κ3) is 3.15. The summed E-state index contributed by atoms with van der Waals surface area (Å²) in [7, 11) is 0. The number of aliphatic hydroxyl groups is 4. The number of hydrogen-bond donors (Lipinski definition) is 5. The summed E-state index contributed by atoms with van der Waals surface area (Å²) in [5, 5.41) is 39.6. The molecule has 1 fully saturated rings. The number of H-pyrrole nitrogens is 1. The number of hydrogen-bond acceptors (Lipinski definition) is 9. The van der Waals surface area contributed by atoms with Crippen molar-refractivity contribution in [2.24, 2.45) is 4.99 Å². The molecule has 0 amide bonds. The van der Waals surface area contributed by atoms with Crippen molar-refractivity contribution >= 4 is 11.2 Å². The fourth-order valence-electron chi connectivity index (χ4n) is 3.06. The Morgan fingerprint density at radius 1 is 1.19 bits per heavy atom. The lowest BCUT2D eigenvalue weighted by Crippen LogP contribution is -2.56. The van der Waals surface area contributed by atoms with E-state index in [2.05, 4.69) is 19.9 Å². The molecule has 0 saturated carbocycles. The predicted octanol–water partition coefficient (Wildman–Crippen LogP) is -1.57. The Balaban J connectivity index is 1.72. The molecule has 3 aromatic heterocycles. The highest BCUT2D eigenvalue weighted by Gasteiger charge is 2.44. The zero-order chi connectivity index (χ0) is 19.0. The number of fused-ring (bicyclic) bond motifs is 1. The first-order valence-electron chi connectivity index (χ1n) is 8.33. The van der Waals surface area contributed by atoms with Gasteiger partial charge in [0.2, 0.25) is 0 Å². The topological polar surface area (TPSA) is 162 Å². The van der Waals surface area contributed by atoms with E-state index in [-0.39, 0.29) is 6.54 Å². The van der Waals surface area contributed by atoms with Crippen LogP contribution in [0.5, 0.6) is 0 Å². The Morgan fingerprint density at radius 3 is 2.78 bits per heavy atom. The summed E-state index contributed by atoms with van der Waals surface area (Å²) in [5.41, 5.74) is 1.27. The molecule has 0 spiro atoms. The molecule has 1 aliphatic rings. The average molecular weight is 377 g/mol. The molecule has 0 radical (unpaired) electrons. The lowest BCUT2D eigenvalue weighted by atomic mass is 9.98. The molecule has 144 valence electrons. The lowest BCUT2D eigenvalue weighted by molar-refractivity contribution is -0.250. The van der Waals surface area contributed by atoms with Gasteiger partial charge in [0.25, 0.3) is 0 Å². The van der Waals surface area contributed by atoms with E-state index in [1.54, 1.807) is 18.4 Å². The van der Waals surface area contributed by atoms with E-state index in [0.29, 0.717) is 22.4 Å². The van der Waals surface area contributed by atoms with Crippen LogP contribution in [0, 0.1) is 0 Å². The molecule has 4 heterocycles. The van der Waals surface area contributed by atoms with Crippen molar-refractivity contribution in [3.05, 3.63) is 42.3 Å². The second-order valence-electron chi connectivity index (χ2n) is 6.19. The van der Waals surface area contributed by atoms with E-state index in [4.69, 9.17) is 9.15 Å². The summed E-state index contributed by atoms with van der Waals surface area (Å²) in [6, 6.07) is 3.56. The molecule has 0 aromatic carbocycles. The summed E-state index contributed by atoms with van der Waals surface area (Å²) in [6.45, 7) is -0.228. The molecular weight excluding hydrogens is 358 g/mol. The number of nitrogens with one attached hydrogen (secondary N) is 1. The van der Waals surface area contributed by atoms with Crippen LogP contribution in [-0.4, -0.2) is 71.0 Å². The fourth-order valence-corrected chi connectivity index (χ4v) is 3.06. The molecule has 27 heavy (non-hydrogen) atoms. The van der Waals surface area contributed by atoms with E-state index in [9.17, 15) is 20.4 Å². The molecular formula is C16H19N5O6. The Morgan fingerprint density at radius 2 is 2.04 bits per heavy atom. The maximum absolute atomic E-state index is 10.3. The number of aromatic amines is 1. The van der Waals surface area contributed by atoms with Gasteiger partial charge in [-0.1, -0.05) is 0 Å². The van der Waals surface area contributed by atoms with E-state index in [0.717, 1.165) is 0 Å². The van der Waals surface area contributed by atoms with Crippen molar-refractivity contribution < 1.29 is 29.6 Å². The van der Waals surface area contributed by atoms with Gasteiger partial charge < -0.3 is 34.6 Å². The van der Waals surface area contributed by atoms with Crippen molar-refractivity contribution in [2.45, 2.75) is 37.2 Å². The molecule has 5 N–H and O–H groups in total. The number of nitrogens with zero attached hydrogens (tertiary/aromatic N) is 4. The number of aromatic nitrogens is 4. The van der Waals surface area contributed by atoms with Gasteiger partial charge >= 0.3 is 0 Å². The maximum atomic E-state index is 10.3. The largest absolute Gasteiger partial charge is 0.467 e. The first-order valence-corrected chi connectivity index (χ1v) is 8.33. The zero-order valence-electron chi connectivity index (χ0n) is 14.1. The normalized spacial score (nSPS) is 29.5. The minimum Gasteiger partial charge on any atom is -0.467 e. The number of aliphatic hydroxyl groups excluding tert-OH is 4. The summed E-state index contributed by atoms with van der Waals surface area (Å²) >= 11 is 0. The second-order valence-corrected chi connectivity index (χ2v) is 6.19. The van der Waals surface area contributed by atoms with E-state index < -0.39 is 37.3 Å². The zero-order valence-corrected chi connectivity index (χ0v) is 14.1. The van der Waals surface area contributed by atoms with E-state index >= 15 is 0 Å². The Kier molecular flexibility index (Phi) is 4.76. The van der Waals surface area contributed by atoms with Crippen LogP contribution >= 0.6 is 0 Å². The fraction of sp³-hybridized carbons (Fsp3) is 0.438. The van der Waals surface area contributed by atoms with Crippen LogP contribution in [0.15, 0.2) is 40.5 Å². The van der Waals surface area contributed by atoms with Crippen LogP contribution in [-0.2, 0) is 11.3 Å². The molecule has 0 aliphatic carbocycles. The van der Waals surface area contributed by atoms with E-state index in [1.807, 2.05) is 0 Å². The molecule has 3 aromatic rings. The monoisotopic (exact) mass is 377 g/mol. The van der Waals surface area contributed by atoms with Crippen molar-refractivity contribution in [1.29, 1.82) is 0 Å². The quantitative estimate of drug-likeness (QED) is 0.364. The first kappa shape index (κ1) is 17.8. The number of ether oxygens (including phenoxy) is 1. The van der Waals surface area contributed by atoms with E-state index in [1.165, 1.54) is 17.2 Å². The molecule has 11 heteroatoms. The minimum atomic E-state index is -1.49. The third-order valence-corrected chi connectivity index (χ3v) is 4.50.